The van der Waals surface area contributed by atoms with Gasteiger partial charge in [0.25, 0.3) is 0 Å². The van der Waals surface area contributed by atoms with Gasteiger partial charge in [-0.1, -0.05) is 6.07 Å². The van der Waals surface area contributed by atoms with E-state index in [-0.39, 0.29) is 0 Å². The monoisotopic (exact) mass is 267 g/mol. The summed E-state index contributed by atoms with van der Waals surface area (Å²) in [5.41, 5.74) is 11.0. The summed E-state index contributed by atoms with van der Waals surface area (Å²) in [5, 5.41) is 0. The number of anilines is 1. The normalized spacial score (nSPS) is 17.4. The average Bonchev–Trinajstić information content (AvgIpc) is 2.89. The first-order valence-corrected chi connectivity index (χ1v) is 7.21. The minimum Gasteiger partial charge on any atom is -0.399 e. The molecule has 3 nitrogen and oxygen atoms in total. The second-order valence-corrected chi connectivity index (χ2v) is 5.60. The van der Waals surface area contributed by atoms with Crippen molar-refractivity contribution in [1.82, 2.24) is 9.88 Å². The molecule has 1 aliphatic carbocycles. The molecular formula is C17H21N3. The molecule has 2 N–H and O–H groups in total. The molecule has 1 atom stereocenters. The molecule has 2 aromatic rings. The number of fused-ring (bicyclic) bond motifs is 1. The van der Waals surface area contributed by atoms with Crippen LogP contribution in [0.2, 0.25) is 0 Å². The van der Waals surface area contributed by atoms with Crippen molar-refractivity contribution in [2.24, 2.45) is 0 Å². The van der Waals surface area contributed by atoms with Crippen molar-refractivity contribution in [3.8, 4) is 0 Å². The van der Waals surface area contributed by atoms with Gasteiger partial charge in [0.05, 0.1) is 0 Å². The Labute approximate surface area is 120 Å². The average molecular weight is 267 g/mol. The maximum absolute atomic E-state index is 5.87. The Kier molecular flexibility index (Phi) is 3.70. The largest absolute Gasteiger partial charge is 0.399 e. The number of hydrogen-bond donors (Lipinski definition) is 1. The molecule has 1 aromatic carbocycles. The van der Waals surface area contributed by atoms with Crippen molar-refractivity contribution in [2.45, 2.75) is 25.3 Å². The van der Waals surface area contributed by atoms with E-state index in [4.69, 9.17) is 5.73 Å². The summed E-state index contributed by atoms with van der Waals surface area (Å²) in [7, 11) is 2.22. The van der Waals surface area contributed by atoms with Crippen LogP contribution in [0.1, 0.15) is 29.2 Å². The molecule has 0 amide bonds. The van der Waals surface area contributed by atoms with E-state index in [9.17, 15) is 0 Å². The van der Waals surface area contributed by atoms with Crippen molar-refractivity contribution in [1.29, 1.82) is 0 Å². The van der Waals surface area contributed by atoms with Crippen LogP contribution in [0.15, 0.2) is 42.7 Å². The van der Waals surface area contributed by atoms with Crippen LogP contribution in [0.25, 0.3) is 0 Å². The van der Waals surface area contributed by atoms with Gasteiger partial charge < -0.3 is 5.73 Å². The van der Waals surface area contributed by atoms with Crippen molar-refractivity contribution < 1.29 is 0 Å². The second-order valence-electron chi connectivity index (χ2n) is 5.60. The van der Waals surface area contributed by atoms with Crippen LogP contribution in [0.3, 0.4) is 0 Å². The number of benzene rings is 1. The molecule has 0 fully saturated rings. The molecule has 3 rings (SSSR count). The molecule has 104 valence electrons. The lowest BCUT2D eigenvalue weighted by atomic mass is 10.1. The van der Waals surface area contributed by atoms with Gasteiger partial charge in [-0.2, -0.15) is 0 Å². The van der Waals surface area contributed by atoms with Gasteiger partial charge in [0.15, 0.2) is 0 Å². The molecule has 20 heavy (non-hydrogen) atoms. The Morgan fingerprint density at radius 1 is 1.25 bits per heavy atom. The Bertz CT molecular complexity index is 580. The van der Waals surface area contributed by atoms with Crippen molar-refractivity contribution >= 4 is 5.69 Å². The van der Waals surface area contributed by atoms with Gasteiger partial charge in [0.1, 0.15) is 0 Å². The molecule has 1 aromatic heterocycles. The molecule has 3 heteroatoms. The van der Waals surface area contributed by atoms with Crippen molar-refractivity contribution in [2.75, 3.05) is 19.3 Å². The summed E-state index contributed by atoms with van der Waals surface area (Å²) in [5.74, 6) is 0. The minimum atomic E-state index is 0.535. The van der Waals surface area contributed by atoms with Crippen LogP contribution < -0.4 is 5.73 Å². The Morgan fingerprint density at radius 2 is 2.05 bits per heavy atom. The lowest BCUT2D eigenvalue weighted by molar-refractivity contribution is 0.247. The lowest BCUT2D eigenvalue weighted by Gasteiger charge is -2.25. The number of aryl methyl sites for hydroxylation is 1. The molecule has 1 aliphatic rings. The molecule has 0 bridgehead atoms. The van der Waals surface area contributed by atoms with Gasteiger partial charge in [-0.3, -0.25) is 9.88 Å². The van der Waals surface area contributed by atoms with Gasteiger partial charge >= 0.3 is 0 Å². The van der Waals surface area contributed by atoms with Crippen LogP contribution in [-0.2, 0) is 12.8 Å². The number of likely N-dealkylation sites (N-methyl/N-ethyl adjacent to an activating group) is 1. The van der Waals surface area contributed by atoms with Crippen LogP contribution in [0.5, 0.6) is 0 Å². The van der Waals surface area contributed by atoms with Crippen molar-refractivity contribution in [3.63, 3.8) is 0 Å². The number of aromatic nitrogens is 1. The first-order valence-electron chi connectivity index (χ1n) is 7.21. The highest BCUT2D eigenvalue weighted by Crippen LogP contribution is 2.35. The van der Waals surface area contributed by atoms with Gasteiger partial charge in [0.2, 0.25) is 0 Å². The van der Waals surface area contributed by atoms with Gasteiger partial charge in [-0.05, 0) is 67.3 Å². The molecule has 0 saturated heterocycles. The summed E-state index contributed by atoms with van der Waals surface area (Å²) in [6.45, 7) is 1.07. The summed E-state index contributed by atoms with van der Waals surface area (Å²) in [6.07, 6.45) is 7.14. The highest BCUT2D eigenvalue weighted by Gasteiger charge is 2.25. The highest BCUT2D eigenvalue weighted by molar-refractivity contribution is 5.47. The van der Waals surface area contributed by atoms with E-state index in [0.717, 1.165) is 25.1 Å². The second kappa shape index (κ2) is 5.63. The lowest BCUT2D eigenvalue weighted by Crippen LogP contribution is -2.25. The van der Waals surface area contributed by atoms with E-state index in [0.29, 0.717) is 6.04 Å². The smallest absolute Gasteiger partial charge is 0.0351 e. The predicted molar refractivity (Wildman–Crippen MR) is 82.5 cm³/mol. The molecule has 0 aliphatic heterocycles. The van der Waals surface area contributed by atoms with E-state index in [1.165, 1.54) is 23.1 Å². The molecule has 1 heterocycles. The number of rotatable bonds is 4. The third-order valence-corrected chi connectivity index (χ3v) is 4.25. The summed E-state index contributed by atoms with van der Waals surface area (Å²) in [4.78, 5) is 6.52. The number of pyridine rings is 1. The fourth-order valence-corrected chi connectivity index (χ4v) is 3.08. The van der Waals surface area contributed by atoms with E-state index in [1.54, 1.807) is 0 Å². The van der Waals surface area contributed by atoms with E-state index in [2.05, 4.69) is 41.2 Å². The predicted octanol–water partition coefficient (Wildman–Crippen LogP) is 2.83. The van der Waals surface area contributed by atoms with Gasteiger partial charge in [-0.25, -0.2) is 0 Å². The van der Waals surface area contributed by atoms with Crippen LogP contribution >= 0.6 is 0 Å². The number of nitrogens with two attached hydrogens (primary N) is 1. The zero-order chi connectivity index (χ0) is 13.9. The fraction of sp³-hybridized carbons (Fsp3) is 0.353. The highest BCUT2D eigenvalue weighted by atomic mass is 15.1. The van der Waals surface area contributed by atoms with Gasteiger partial charge in [0, 0.05) is 30.7 Å². The SMILES string of the molecule is CN(CCc1ccncc1)C1CCc2cc(N)ccc21. The van der Waals surface area contributed by atoms with Crippen molar-refractivity contribution in [3.05, 3.63) is 59.4 Å². The van der Waals surface area contributed by atoms with Crippen LogP contribution in [0.4, 0.5) is 5.69 Å². The Hall–Kier alpha value is -1.87. The summed E-state index contributed by atoms with van der Waals surface area (Å²) in [6, 6.07) is 11.1. The topological polar surface area (TPSA) is 42.2 Å². The zero-order valence-electron chi connectivity index (χ0n) is 11.9. The van der Waals surface area contributed by atoms with Crippen LogP contribution in [-0.4, -0.2) is 23.5 Å². The zero-order valence-corrected chi connectivity index (χ0v) is 11.9. The third kappa shape index (κ3) is 2.68. The quantitative estimate of drug-likeness (QED) is 0.866. The molecular weight excluding hydrogens is 246 g/mol. The molecule has 0 radical (unpaired) electrons. The van der Waals surface area contributed by atoms with E-state index >= 15 is 0 Å². The number of nitrogen functional groups attached to an aromatic ring is 1. The third-order valence-electron chi connectivity index (χ3n) is 4.25. The Balaban J connectivity index is 1.66. The molecule has 0 spiro atoms. The molecule has 0 saturated carbocycles. The maximum Gasteiger partial charge on any atom is 0.0351 e. The minimum absolute atomic E-state index is 0.535. The van der Waals surface area contributed by atoms with Gasteiger partial charge in [-0.15, -0.1) is 0 Å². The maximum atomic E-state index is 5.87. The summed E-state index contributed by atoms with van der Waals surface area (Å²) < 4.78 is 0. The van der Waals surface area contributed by atoms with E-state index in [1.807, 2.05) is 18.5 Å². The fourth-order valence-electron chi connectivity index (χ4n) is 3.08. The first-order chi connectivity index (χ1) is 9.74. The Morgan fingerprint density at radius 3 is 2.85 bits per heavy atom. The number of nitrogens with zero attached hydrogens (tertiary/aromatic N) is 2. The van der Waals surface area contributed by atoms with E-state index < -0.39 is 0 Å². The number of hydrogen-bond acceptors (Lipinski definition) is 3. The molecule has 1 unspecified atom stereocenters. The standard InChI is InChI=1S/C17H21N3/c1-20(11-8-13-6-9-19-10-7-13)17-5-2-14-12-15(18)3-4-16(14)17/h3-4,6-7,9-10,12,17H,2,5,8,11,18H2,1H3. The first kappa shape index (κ1) is 13.1. The van der Waals surface area contributed by atoms with Crippen LogP contribution in [0, 0.1) is 0 Å². The summed E-state index contributed by atoms with van der Waals surface area (Å²) >= 11 is 0.